The zero-order valence-electron chi connectivity index (χ0n) is 8.36. The van der Waals surface area contributed by atoms with Crippen molar-refractivity contribution in [3.8, 4) is 11.3 Å². The van der Waals surface area contributed by atoms with Gasteiger partial charge in [0.1, 0.15) is 11.0 Å². The molecule has 0 spiro atoms. The van der Waals surface area contributed by atoms with E-state index in [1.807, 2.05) is 6.26 Å². The Labute approximate surface area is 101 Å². The number of aromatic amines is 1. The van der Waals surface area contributed by atoms with Crippen LogP contribution in [0, 0.1) is 0 Å². The van der Waals surface area contributed by atoms with Gasteiger partial charge in [-0.05, 0) is 6.26 Å². The lowest BCUT2D eigenvalue weighted by Gasteiger charge is -2.02. The van der Waals surface area contributed by atoms with Gasteiger partial charge in [-0.2, -0.15) is 5.10 Å². The van der Waals surface area contributed by atoms with Crippen LogP contribution in [0.4, 0.5) is 11.6 Å². The molecule has 0 aliphatic rings. The number of aromatic nitrogens is 4. The van der Waals surface area contributed by atoms with Crippen molar-refractivity contribution in [2.75, 3.05) is 17.7 Å². The first-order valence-electron chi connectivity index (χ1n) is 4.30. The molecule has 6 nitrogen and oxygen atoms in total. The van der Waals surface area contributed by atoms with Crippen LogP contribution in [0.5, 0.6) is 0 Å². The monoisotopic (exact) mass is 256 g/mol. The number of nitrogens with two attached hydrogens (primary N) is 2. The molecule has 0 aliphatic heterocycles. The fourth-order valence-corrected chi connectivity index (χ4v) is 1.87. The van der Waals surface area contributed by atoms with Crippen LogP contribution in [0.25, 0.3) is 11.3 Å². The number of anilines is 2. The fourth-order valence-electron chi connectivity index (χ4n) is 1.26. The number of halogens is 1. The van der Waals surface area contributed by atoms with E-state index in [-0.39, 0.29) is 0 Å². The molecule has 0 atom stereocenters. The third-order valence-corrected chi connectivity index (χ3v) is 2.68. The summed E-state index contributed by atoms with van der Waals surface area (Å²) in [7, 11) is 0. The van der Waals surface area contributed by atoms with Gasteiger partial charge < -0.3 is 11.5 Å². The van der Waals surface area contributed by atoms with Gasteiger partial charge >= 0.3 is 0 Å². The van der Waals surface area contributed by atoms with Gasteiger partial charge in [-0.15, -0.1) is 0 Å². The molecule has 16 heavy (non-hydrogen) atoms. The van der Waals surface area contributed by atoms with Crippen molar-refractivity contribution in [2.45, 2.75) is 5.16 Å². The highest BCUT2D eigenvalue weighted by Gasteiger charge is 2.14. The van der Waals surface area contributed by atoms with Crippen LogP contribution in [0.1, 0.15) is 0 Å². The highest BCUT2D eigenvalue weighted by molar-refractivity contribution is 7.98. The predicted molar refractivity (Wildman–Crippen MR) is 65.2 cm³/mol. The summed E-state index contributed by atoms with van der Waals surface area (Å²) in [5, 5.41) is 7.28. The standard InChI is InChI=1S/C8H9ClN6S/c1-16-8-12-3(2-4(9)13-8)5-6(10)14-15-7(5)11/h2H,1H3,(H5,10,11,14,15). The molecule has 0 amide bonds. The fraction of sp³-hybridized carbons (Fsp3) is 0.125. The van der Waals surface area contributed by atoms with Crippen molar-refractivity contribution >= 4 is 35.0 Å². The normalized spacial score (nSPS) is 10.6. The maximum absolute atomic E-state index is 5.87. The van der Waals surface area contributed by atoms with E-state index in [1.54, 1.807) is 6.07 Å². The van der Waals surface area contributed by atoms with Gasteiger partial charge in [-0.1, -0.05) is 23.4 Å². The van der Waals surface area contributed by atoms with E-state index in [0.29, 0.717) is 33.2 Å². The smallest absolute Gasteiger partial charge is 0.189 e. The average Bonchev–Trinajstić information content (AvgIpc) is 2.57. The van der Waals surface area contributed by atoms with Gasteiger partial charge in [-0.25, -0.2) is 9.97 Å². The second-order valence-electron chi connectivity index (χ2n) is 2.96. The molecular formula is C8H9ClN6S. The van der Waals surface area contributed by atoms with Crippen LogP contribution >= 0.6 is 23.4 Å². The number of nitrogens with one attached hydrogen (secondary N) is 1. The zero-order chi connectivity index (χ0) is 11.7. The predicted octanol–water partition coefficient (Wildman–Crippen LogP) is 1.41. The minimum atomic E-state index is 0.291. The third kappa shape index (κ3) is 1.91. The first-order chi connectivity index (χ1) is 7.61. The van der Waals surface area contributed by atoms with E-state index >= 15 is 0 Å². The van der Waals surface area contributed by atoms with E-state index in [4.69, 9.17) is 23.1 Å². The Morgan fingerprint density at radius 1 is 1.38 bits per heavy atom. The lowest BCUT2D eigenvalue weighted by molar-refractivity contribution is 0.977. The van der Waals surface area contributed by atoms with Crippen LogP contribution in [-0.2, 0) is 0 Å². The number of hydrogen-bond acceptors (Lipinski definition) is 6. The topological polar surface area (TPSA) is 106 Å². The number of thioether (sulfide) groups is 1. The summed E-state index contributed by atoms with van der Waals surface area (Å²) in [6.45, 7) is 0. The Morgan fingerprint density at radius 3 is 2.69 bits per heavy atom. The van der Waals surface area contributed by atoms with Gasteiger partial charge in [0, 0.05) is 6.07 Å². The summed E-state index contributed by atoms with van der Waals surface area (Å²) in [5.74, 6) is 0.652. The van der Waals surface area contributed by atoms with Crippen LogP contribution in [0.3, 0.4) is 0 Å². The SMILES string of the molecule is CSc1nc(Cl)cc(-c2c(N)n[nH]c2N)n1. The molecule has 0 radical (unpaired) electrons. The zero-order valence-corrected chi connectivity index (χ0v) is 9.93. The molecule has 0 unspecified atom stereocenters. The summed E-state index contributed by atoms with van der Waals surface area (Å²) in [6, 6.07) is 1.60. The Morgan fingerprint density at radius 2 is 2.12 bits per heavy atom. The quantitative estimate of drug-likeness (QED) is 0.426. The molecule has 0 bridgehead atoms. The number of rotatable bonds is 2. The van der Waals surface area contributed by atoms with Gasteiger partial charge in [0.05, 0.1) is 11.3 Å². The van der Waals surface area contributed by atoms with Gasteiger partial charge in [-0.3, -0.25) is 5.10 Å². The number of nitrogen functional groups attached to an aromatic ring is 2. The van der Waals surface area contributed by atoms with Crippen molar-refractivity contribution in [3.05, 3.63) is 11.2 Å². The Bertz CT molecular complexity index is 506. The molecular weight excluding hydrogens is 248 g/mol. The first kappa shape index (κ1) is 11.0. The molecule has 84 valence electrons. The van der Waals surface area contributed by atoms with E-state index < -0.39 is 0 Å². The largest absolute Gasteiger partial charge is 0.383 e. The van der Waals surface area contributed by atoms with Gasteiger partial charge in [0.2, 0.25) is 0 Å². The maximum Gasteiger partial charge on any atom is 0.189 e. The summed E-state index contributed by atoms with van der Waals surface area (Å²) in [5.41, 5.74) is 12.5. The lowest BCUT2D eigenvalue weighted by Crippen LogP contribution is -1.96. The molecule has 0 aliphatic carbocycles. The highest BCUT2D eigenvalue weighted by atomic mass is 35.5. The van der Waals surface area contributed by atoms with E-state index in [0.717, 1.165) is 0 Å². The van der Waals surface area contributed by atoms with E-state index in [9.17, 15) is 0 Å². The summed E-state index contributed by atoms with van der Waals surface area (Å²) in [6.07, 6.45) is 1.86. The minimum Gasteiger partial charge on any atom is -0.383 e. The van der Waals surface area contributed by atoms with E-state index in [1.165, 1.54) is 11.8 Å². The second kappa shape index (κ2) is 4.18. The molecule has 2 rings (SSSR count). The van der Waals surface area contributed by atoms with Gasteiger partial charge in [0.15, 0.2) is 11.0 Å². The Balaban J connectivity index is 2.60. The molecule has 0 saturated heterocycles. The Kier molecular flexibility index (Phi) is 2.88. The number of hydrogen-bond donors (Lipinski definition) is 3. The number of nitrogens with zero attached hydrogens (tertiary/aromatic N) is 3. The van der Waals surface area contributed by atoms with Gasteiger partial charge in [0.25, 0.3) is 0 Å². The van der Waals surface area contributed by atoms with Crippen molar-refractivity contribution in [1.82, 2.24) is 20.2 Å². The lowest BCUT2D eigenvalue weighted by atomic mass is 10.2. The summed E-state index contributed by atoms with van der Waals surface area (Å²) in [4.78, 5) is 8.29. The maximum atomic E-state index is 5.87. The summed E-state index contributed by atoms with van der Waals surface area (Å²) < 4.78 is 0. The second-order valence-corrected chi connectivity index (χ2v) is 4.12. The molecule has 5 N–H and O–H groups in total. The first-order valence-corrected chi connectivity index (χ1v) is 5.90. The van der Waals surface area contributed by atoms with Crippen molar-refractivity contribution < 1.29 is 0 Å². The van der Waals surface area contributed by atoms with Crippen molar-refractivity contribution in [1.29, 1.82) is 0 Å². The average molecular weight is 257 g/mol. The third-order valence-electron chi connectivity index (χ3n) is 1.94. The van der Waals surface area contributed by atoms with Crippen LogP contribution in [0.15, 0.2) is 11.2 Å². The Hall–Kier alpha value is -1.47. The summed E-state index contributed by atoms with van der Waals surface area (Å²) >= 11 is 7.26. The molecule has 8 heteroatoms. The molecule has 2 heterocycles. The van der Waals surface area contributed by atoms with Crippen molar-refractivity contribution in [2.24, 2.45) is 0 Å². The molecule has 0 saturated carbocycles. The highest BCUT2D eigenvalue weighted by Crippen LogP contribution is 2.30. The minimum absolute atomic E-state index is 0.291. The van der Waals surface area contributed by atoms with E-state index in [2.05, 4.69) is 20.2 Å². The molecule has 2 aromatic rings. The van der Waals surface area contributed by atoms with Crippen LogP contribution < -0.4 is 11.5 Å². The molecule has 2 aromatic heterocycles. The molecule has 0 aromatic carbocycles. The van der Waals surface area contributed by atoms with Crippen LogP contribution in [-0.4, -0.2) is 26.4 Å². The molecule has 0 fully saturated rings. The number of H-pyrrole nitrogens is 1. The van der Waals surface area contributed by atoms with Crippen molar-refractivity contribution in [3.63, 3.8) is 0 Å². The van der Waals surface area contributed by atoms with Crippen LogP contribution in [0.2, 0.25) is 5.15 Å².